The highest BCUT2D eigenvalue weighted by Crippen LogP contribution is 2.29. The highest BCUT2D eigenvalue weighted by molar-refractivity contribution is 5.90. The lowest BCUT2D eigenvalue weighted by Crippen LogP contribution is -2.20. The fraction of sp³-hybridized carbons (Fsp3) is 0.500. The Morgan fingerprint density at radius 1 is 1.31 bits per heavy atom. The molecule has 2 heteroatoms. The van der Waals surface area contributed by atoms with Gasteiger partial charge in [0.05, 0.1) is 0 Å². The van der Waals surface area contributed by atoms with E-state index in [0.717, 1.165) is 12.1 Å². The van der Waals surface area contributed by atoms with Crippen molar-refractivity contribution in [2.24, 2.45) is 5.92 Å². The zero-order valence-electron chi connectivity index (χ0n) is 9.83. The number of hydrogen-bond acceptors (Lipinski definition) is 1. The van der Waals surface area contributed by atoms with Crippen LogP contribution in [0.15, 0.2) is 24.3 Å². The van der Waals surface area contributed by atoms with Crippen molar-refractivity contribution < 1.29 is 4.79 Å². The molecule has 0 aliphatic heterocycles. The Kier molecular flexibility index (Phi) is 3.60. The van der Waals surface area contributed by atoms with Crippen LogP contribution in [0.25, 0.3) is 0 Å². The number of nitrogens with one attached hydrogen (secondary N) is 1. The molecule has 2 rings (SSSR count). The SMILES string of the molecule is CCc1ccc(NC(=O)CC2CCC2)cc1. The van der Waals surface area contributed by atoms with Gasteiger partial charge in [-0.1, -0.05) is 25.5 Å². The smallest absolute Gasteiger partial charge is 0.224 e. The zero-order chi connectivity index (χ0) is 11.4. The van der Waals surface area contributed by atoms with Crippen LogP contribution in [0.1, 0.15) is 38.2 Å². The largest absolute Gasteiger partial charge is 0.326 e. The lowest BCUT2D eigenvalue weighted by Gasteiger charge is -2.24. The van der Waals surface area contributed by atoms with Crippen LogP contribution >= 0.6 is 0 Å². The van der Waals surface area contributed by atoms with Crippen LogP contribution in [0.2, 0.25) is 0 Å². The number of hydrogen-bond donors (Lipinski definition) is 1. The summed E-state index contributed by atoms with van der Waals surface area (Å²) < 4.78 is 0. The molecule has 86 valence electrons. The third-order valence-electron chi connectivity index (χ3n) is 3.34. The zero-order valence-corrected chi connectivity index (χ0v) is 9.83. The van der Waals surface area contributed by atoms with Crippen molar-refractivity contribution in [2.45, 2.75) is 39.0 Å². The first-order valence-corrected chi connectivity index (χ1v) is 6.16. The third-order valence-corrected chi connectivity index (χ3v) is 3.34. The third kappa shape index (κ3) is 2.84. The molecule has 0 spiro atoms. The minimum Gasteiger partial charge on any atom is -0.326 e. The standard InChI is InChI=1S/C14H19NO/c1-2-11-6-8-13(9-7-11)15-14(16)10-12-4-3-5-12/h6-9,12H,2-5,10H2,1H3,(H,15,16). The summed E-state index contributed by atoms with van der Waals surface area (Å²) in [7, 11) is 0. The van der Waals surface area contributed by atoms with Crippen molar-refractivity contribution in [2.75, 3.05) is 5.32 Å². The average molecular weight is 217 g/mol. The van der Waals surface area contributed by atoms with E-state index < -0.39 is 0 Å². The molecular formula is C14H19NO. The Bertz CT molecular complexity index is 352. The van der Waals surface area contributed by atoms with Crippen LogP contribution in [0, 0.1) is 5.92 Å². The maximum atomic E-state index is 11.7. The van der Waals surface area contributed by atoms with Crippen molar-refractivity contribution >= 4 is 11.6 Å². The Morgan fingerprint density at radius 3 is 2.50 bits per heavy atom. The predicted molar refractivity (Wildman–Crippen MR) is 66.4 cm³/mol. The van der Waals surface area contributed by atoms with E-state index in [1.807, 2.05) is 12.1 Å². The maximum Gasteiger partial charge on any atom is 0.224 e. The van der Waals surface area contributed by atoms with Gasteiger partial charge in [-0.3, -0.25) is 4.79 Å². The fourth-order valence-electron chi connectivity index (χ4n) is 1.99. The molecule has 0 bridgehead atoms. The van der Waals surface area contributed by atoms with Gasteiger partial charge in [0.15, 0.2) is 0 Å². The van der Waals surface area contributed by atoms with E-state index in [1.165, 1.54) is 24.8 Å². The van der Waals surface area contributed by atoms with Gasteiger partial charge in [0.25, 0.3) is 0 Å². The predicted octanol–water partition coefficient (Wildman–Crippen LogP) is 3.38. The number of carbonyl (C=O) groups is 1. The van der Waals surface area contributed by atoms with Gasteiger partial charge < -0.3 is 5.32 Å². The lowest BCUT2D eigenvalue weighted by molar-refractivity contribution is -0.117. The molecule has 1 saturated carbocycles. The van der Waals surface area contributed by atoms with Gasteiger partial charge in [-0.15, -0.1) is 0 Å². The molecule has 0 radical (unpaired) electrons. The number of aryl methyl sites for hydroxylation is 1. The molecular weight excluding hydrogens is 198 g/mol. The van der Waals surface area contributed by atoms with E-state index >= 15 is 0 Å². The molecule has 1 aliphatic rings. The topological polar surface area (TPSA) is 29.1 Å². The minimum atomic E-state index is 0.161. The maximum absolute atomic E-state index is 11.7. The van der Waals surface area contributed by atoms with Crippen molar-refractivity contribution in [3.63, 3.8) is 0 Å². The molecule has 0 heterocycles. The van der Waals surface area contributed by atoms with Crippen molar-refractivity contribution in [3.8, 4) is 0 Å². The highest BCUT2D eigenvalue weighted by atomic mass is 16.1. The molecule has 0 saturated heterocycles. The summed E-state index contributed by atoms with van der Waals surface area (Å²) in [6.07, 6.45) is 5.47. The van der Waals surface area contributed by atoms with Gasteiger partial charge in [-0.2, -0.15) is 0 Å². The number of carbonyl (C=O) groups excluding carboxylic acids is 1. The first-order valence-electron chi connectivity index (χ1n) is 6.16. The van der Waals surface area contributed by atoms with Gasteiger partial charge in [0, 0.05) is 12.1 Å². The highest BCUT2D eigenvalue weighted by Gasteiger charge is 2.20. The van der Waals surface area contributed by atoms with Crippen molar-refractivity contribution in [1.29, 1.82) is 0 Å². The quantitative estimate of drug-likeness (QED) is 0.823. The molecule has 1 fully saturated rings. The van der Waals surface area contributed by atoms with E-state index in [-0.39, 0.29) is 5.91 Å². The van der Waals surface area contributed by atoms with Crippen molar-refractivity contribution in [3.05, 3.63) is 29.8 Å². The fourth-order valence-corrected chi connectivity index (χ4v) is 1.99. The Morgan fingerprint density at radius 2 is 2.00 bits per heavy atom. The van der Waals surface area contributed by atoms with Crippen LogP contribution < -0.4 is 5.32 Å². The Balaban J connectivity index is 1.84. The van der Waals surface area contributed by atoms with E-state index in [1.54, 1.807) is 0 Å². The molecule has 0 atom stereocenters. The second-order valence-electron chi connectivity index (χ2n) is 4.60. The molecule has 2 nitrogen and oxygen atoms in total. The van der Waals surface area contributed by atoms with Crippen LogP contribution in [0.4, 0.5) is 5.69 Å². The molecule has 1 amide bonds. The number of amides is 1. The van der Waals surface area contributed by atoms with E-state index in [4.69, 9.17) is 0 Å². The molecule has 16 heavy (non-hydrogen) atoms. The average Bonchev–Trinajstić information content (AvgIpc) is 2.25. The summed E-state index contributed by atoms with van der Waals surface area (Å²) in [6, 6.07) is 8.10. The molecule has 0 unspecified atom stereocenters. The van der Waals surface area contributed by atoms with E-state index in [2.05, 4.69) is 24.4 Å². The number of benzene rings is 1. The monoisotopic (exact) mass is 217 g/mol. The van der Waals surface area contributed by atoms with Gasteiger partial charge in [-0.05, 0) is 42.9 Å². The van der Waals surface area contributed by atoms with Gasteiger partial charge in [0.1, 0.15) is 0 Å². The number of rotatable bonds is 4. The first kappa shape index (κ1) is 11.2. The molecule has 1 aromatic carbocycles. The van der Waals surface area contributed by atoms with Crippen LogP contribution in [-0.2, 0) is 11.2 Å². The lowest BCUT2D eigenvalue weighted by atomic mass is 9.83. The van der Waals surface area contributed by atoms with Crippen LogP contribution in [-0.4, -0.2) is 5.91 Å². The van der Waals surface area contributed by atoms with Gasteiger partial charge >= 0.3 is 0 Å². The van der Waals surface area contributed by atoms with Gasteiger partial charge in [-0.25, -0.2) is 0 Å². The minimum absolute atomic E-state index is 0.161. The Hall–Kier alpha value is -1.31. The van der Waals surface area contributed by atoms with Crippen LogP contribution in [0.5, 0.6) is 0 Å². The second-order valence-corrected chi connectivity index (χ2v) is 4.60. The molecule has 0 aromatic heterocycles. The second kappa shape index (κ2) is 5.15. The van der Waals surface area contributed by atoms with E-state index in [9.17, 15) is 4.79 Å². The van der Waals surface area contributed by atoms with Gasteiger partial charge in [0.2, 0.25) is 5.91 Å². The molecule has 1 aliphatic carbocycles. The van der Waals surface area contributed by atoms with Crippen molar-refractivity contribution in [1.82, 2.24) is 0 Å². The first-order chi connectivity index (χ1) is 7.78. The molecule has 1 aromatic rings. The van der Waals surface area contributed by atoms with E-state index in [0.29, 0.717) is 12.3 Å². The summed E-state index contributed by atoms with van der Waals surface area (Å²) in [5.41, 5.74) is 2.22. The summed E-state index contributed by atoms with van der Waals surface area (Å²) >= 11 is 0. The summed E-state index contributed by atoms with van der Waals surface area (Å²) in [4.78, 5) is 11.7. The van der Waals surface area contributed by atoms with Crippen LogP contribution in [0.3, 0.4) is 0 Å². The summed E-state index contributed by atoms with van der Waals surface area (Å²) in [5.74, 6) is 0.795. The number of anilines is 1. The normalized spacial score (nSPS) is 15.6. The summed E-state index contributed by atoms with van der Waals surface area (Å²) in [6.45, 7) is 2.13. The molecule has 1 N–H and O–H groups in total. The Labute approximate surface area is 97.1 Å². The summed E-state index contributed by atoms with van der Waals surface area (Å²) in [5, 5.41) is 2.95.